The maximum atomic E-state index is 11.1. The second kappa shape index (κ2) is 5.33. The number of carbonyl (C=O) groups excluding carboxylic acids is 1. The number of benzene rings is 1. The molecule has 1 aromatic rings. The average molecular weight is 293 g/mol. The van der Waals surface area contributed by atoms with Gasteiger partial charge in [0.2, 0.25) is 0 Å². The zero-order valence-corrected chi connectivity index (χ0v) is 11.0. The van der Waals surface area contributed by atoms with Gasteiger partial charge in [0.05, 0.1) is 23.4 Å². The Kier molecular flexibility index (Phi) is 3.80. The first-order valence-electron chi connectivity index (χ1n) is 5.68. The summed E-state index contributed by atoms with van der Waals surface area (Å²) in [7, 11) is 0. The summed E-state index contributed by atoms with van der Waals surface area (Å²) in [4.78, 5) is 13.2. The summed E-state index contributed by atoms with van der Waals surface area (Å²) < 4.78 is 0.880. The van der Waals surface area contributed by atoms with Gasteiger partial charge in [0, 0.05) is 11.0 Å². The minimum atomic E-state index is -0.0343. The smallest absolute Gasteiger partial charge is 0.142 e. The molecule has 0 bridgehead atoms. The Morgan fingerprint density at radius 2 is 2.29 bits per heavy atom. The van der Waals surface area contributed by atoms with Crippen molar-refractivity contribution >= 4 is 27.9 Å². The van der Waals surface area contributed by atoms with Crippen molar-refractivity contribution in [3.8, 4) is 6.07 Å². The number of anilines is 1. The average Bonchev–Trinajstić information content (AvgIpc) is 2.38. The molecule has 2 rings (SSSR count). The number of halogens is 1. The third-order valence-electron chi connectivity index (χ3n) is 3.09. The van der Waals surface area contributed by atoms with Crippen LogP contribution in [0.25, 0.3) is 0 Å². The van der Waals surface area contributed by atoms with E-state index in [0.717, 1.165) is 42.3 Å². The van der Waals surface area contributed by atoms with Crippen molar-refractivity contribution in [2.75, 3.05) is 11.4 Å². The molecule has 0 amide bonds. The summed E-state index contributed by atoms with van der Waals surface area (Å²) in [5.41, 5.74) is 1.63. The van der Waals surface area contributed by atoms with E-state index in [4.69, 9.17) is 5.26 Å². The molecule has 3 nitrogen and oxygen atoms in total. The van der Waals surface area contributed by atoms with Crippen LogP contribution in [-0.2, 0) is 4.79 Å². The minimum absolute atomic E-state index is 0.0343. The van der Waals surface area contributed by atoms with Crippen molar-refractivity contribution in [1.82, 2.24) is 0 Å². The second-order valence-corrected chi connectivity index (χ2v) is 5.02. The van der Waals surface area contributed by atoms with Gasteiger partial charge in [0.25, 0.3) is 0 Å². The lowest BCUT2D eigenvalue weighted by molar-refractivity contribution is -0.109. The van der Waals surface area contributed by atoms with Crippen molar-refractivity contribution < 1.29 is 4.79 Å². The summed E-state index contributed by atoms with van der Waals surface area (Å²) in [5.74, 6) is 0. The SMILES string of the molecule is N#Cc1ccc(N2CCCCC2C=O)c(Br)c1. The van der Waals surface area contributed by atoms with Crippen LogP contribution < -0.4 is 4.90 Å². The van der Waals surface area contributed by atoms with Crippen LogP contribution in [0.15, 0.2) is 22.7 Å². The molecular weight excluding hydrogens is 280 g/mol. The number of hydrogen-bond acceptors (Lipinski definition) is 3. The Morgan fingerprint density at radius 3 is 2.94 bits per heavy atom. The lowest BCUT2D eigenvalue weighted by Gasteiger charge is -2.35. The fraction of sp³-hybridized carbons (Fsp3) is 0.385. The molecule has 17 heavy (non-hydrogen) atoms. The van der Waals surface area contributed by atoms with Gasteiger partial charge in [-0.1, -0.05) is 0 Å². The number of carbonyl (C=O) groups is 1. The Bertz CT molecular complexity index is 467. The molecular formula is C13H13BrN2O. The summed E-state index contributed by atoms with van der Waals surface area (Å²) in [5, 5.41) is 8.82. The van der Waals surface area contributed by atoms with Gasteiger partial charge < -0.3 is 9.69 Å². The van der Waals surface area contributed by atoms with Crippen LogP contribution in [0.2, 0.25) is 0 Å². The van der Waals surface area contributed by atoms with Gasteiger partial charge in [-0.3, -0.25) is 0 Å². The van der Waals surface area contributed by atoms with Crippen molar-refractivity contribution in [2.24, 2.45) is 0 Å². The third-order valence-corrected chi connectivity index (χ3v) is 3.73. The van der Waals surface area contributed by atoms with Gasteiger partial charge in [-0.15, -0.1) is 0 Å². The van der Waals surface area contributed by atoms with E-state index in [1.807, 2.05) is 6.07 Å². The van der Waals surface area contributed by atoms with Crippen LogP contribution in [0.5, 0.6) is 0 Å². The van der Waals surface area contributed by atoms with Crippen LogP contribution in [0.4, 0.5) is 5.69 Å². The molecule has 0 radical (unpaired) electrons. The number of nitriles is 1. The molecule has 1 saturated heterocycles. The van der Waals surface area contributed by atoms with Crippen LogP contribution >= 0.6 is 15.9 Å². The molecule has 1 aliphatic rings. The van der Waals surface area contributed by atoms with E-state index in [1.165, 1.54) is 0 Å². The second-order valence-electron chi connectivity index (χ2n) is 4.17. The van der Waals surface area contributed by atoms with E-state index >= 15 is 0 Å². The van der Waals surface area contributed by atoms with E-state index < -0.39 is 0 Å². The lowest BCUT2D eigenvalue weighted by atomic mass is 10.0. The van der Waals surface area contributed by atoms with Gasteiger partial charge in [0.1, 0.15) is 6.29 Å². The van der Waals surface area contributed by atoms with Crippen LogP contribution in [-0.4, -0.2) is 18.9 Å². The van der Waals surface area contributed by atoms with Crippen molar-refractivity contribution in [2.45, 2.75) is 25.3 Å². The van der Waals surface area contributed by atoms with E-state index in [1.54, 1.807) is 12.1 Å². The lowest BCUT2D eigenvalue weighted by Crippen LogP contribution is -2.40. The summed E-state index contributed by atoms with van der Waals surface area (Å²) in [6.07, 6.45) is 4.14. The first-order chi connectivity index (χ1) is 8.26. The standard InChI is InChI=1S/C13H13BrN2O/c14-12-7-10(8-15)4-5-13(12)16-6-2-1-3-11(16)9-17/h4-5,7,9,11H,1-3,6H2. The Morgan fingerprint density at radius 1 is 1.47 bits per heavy atom. The van der Waals surface area contributed by atoms with Gasteiger partial charge in [0.15, 0.2) is 0 Å². The summed E-state index contributed by atoms with van der Waals surface area (Å²) in [6, 6.07) is 7.56. The van der Waals surface area contributed by atoms with Crippen LogP contribution in [0.3, 0.4) is 0 Å². The molecule has 1 atom stereocenters. The third kappa shape index (κ3) is 2.50. The fourth-order valence-electron chi connectivity index (χ4n) is 2.21. The molecule has 1 aliphatic heterocycles. The Balaban J connectivity index is 2.32. The van der Waals surface area contributed by atoms with E-state index in [9.17, 15) is 4.79 Å². The molecule has 1 heterocycles. The normalized spacial score (nSPS) is 19.8. The highest BCUT2D eigenvalue weighted by Crippen LogP contribution is 2.31. The van der Waals surface area contributed by atoms with Crippen molar-refractivity contribution in [3.05, 3.63) is 28.2 Å². The maximum absolute atomic E-state index is 11.1. The molecule has 88 valence electrons. The molecule has 0 aromatic heterocycles. The Labute approximate surface area is 109 Å². The topological polar surface area (TPSA) is 44.1 Å². The number of rotatable bonds is 2. The molecule has 0 saturated carbocycles. The van der Waals surface area contributed by atoms with Crippen LogP contribution in [0, 0.1) is 11.3 Å². The zero-order chi connectivity index (χ0) is 12.3. The van der Waals surface area contributed by atoms with E-state index in [2.05, 4.69) is 26.9 Å². The summed E-state index contributed by atoms with van der Waals surface area (Å²) in [6.45, 7) is 0.897. The largest absolute Gasteiger partial charge is 0.361 e. The molecule has 1 fully saturated rings. The van der Waals surface area contributed by atoms with Crippen LogP contribution in [0.1, 0.15) is 24.8 Å². The van der Waals surface area contributed by atoms with E-state index in [-0.39, 0.29) is 6.04 Å². The predicted molar refractivity (Wildman–Crippen MR) is 69.9 cm³/mol. The summed E-state index contributed by atoms with van der Waals surface area (Å²) >= 11 is 3.47. The predicted octanol–water partition coefficient (Wildman–Crippen LogP) is 2.88. The number of piperidine rings is 1. The van der Waals surface area contributed by atoms with Gasteiger partial charge in [-0.25, -0.2) is 0 Å². The number of aldehydes is 1. The highest BCUT2D eigenvalue weighted by Gasteiger charge is 2.23. The molecule has 4 heteroatoms. The van der Waals surface area contributed by atoms with Crippen molar-refractivity contribution in [3.63, 3.8) is 0 Å². The number of hydrogen-bond donors (Lipinski definition) is 0. The van der Waals surface area contributed by atoms with Gasteiger partial charge in [-0.2, -0.15) is 5.26 Å². The van der Waals surface area contributed by atoms with Gasteiger partial charge in [-0.05, 0) is 53.4 Å². The van der Waals surface area contributed by atoms with Gasteiger partial charge >= 0.3 is 0 Å². The molecule has 0 aliphatic carbocycles. The molecule has 1 unspecified atom stereocenters. The molecule has 1 aromatic carbocycles. The quantitative estimate of drug-likeness (QED) is 0.788. The fourth-order valence-corrected chi connectivity index (χ4v) is 2.81. The first kappa shape index (κ1) is 12.1. The molecule has 0 N–H and O–H groups in total. The minimum Gasteiger partial charge on any atom is -0.361 e. The Hall–Kier alpha value is -1.34. The highest BCUT2D eigenvalue weighted by atomic mass is 79.9. The highest BCUT2D eigenvalue weighted by molar-refractivity contribution is 9.10. The first-order valence-corrected chi connectivity index (χ1v) is 6.47. The maximum Gasteiger partial charge on any atom is 0.142 e. The number of nitrogens with zero attached hydrogens (tertiary/aromatic N) is 2. The monoisotopic (exact) mass is 292 g/mol. The zero-order valence-electron chi connectivity index (χ0n) is 9.40. The molecule has 0 spiro atoms. The van der Waals surface area contributed by atoms with Crippen molar-refractivity contribution in [1.29, 1.82) is 5.26 Å². The van der Waals surface area contributed by atoms with E-state index in [0.29, 0.717) is 5.56 Å².